The predicted octanol–water partition coefficient (Wildman–Crippen LogP) is 0.917. The van der Waals surface area contributed by atoms with E-state index in [0.717, 1.165) is 26.1 Å². The van der Waals surface area contributed by atoms with E-state index in [9.17, 15) is 4.79 Å². The van der Waals surface area contributed by atoms with E-state index in [2.05, 4.69) is 31.4 Å². The number of hydrogen-bond donors (Lipinski definition) is 2. The zero-order valence-electron chi connectivity index (χ0n) is 10.6. The number of carbonyl (C=O) groups is 1. The van der Waals surface area contributed by atoms with Crippen LogP contribution in [0.15, 0.2) is 0 Å². The zero-order chi connectivity index (χ0) is 12.0. The third-order valence-electron chi connectivity index (χ3n) is 2.63. The van der Waals surface area contributed by atoms with Crippen molar-refractivity contribution < 1.29 is 9.53 Å². The van der Waals surface area contributed by atoms with E-state index in [1.807, 2.05) is 0 Å². The van der Waals surface area contributed by atoms with Gasteiger partial charge in [-0.25, -0.2) is 0 Å². The molecule has 1 unspecified atom stereocenters. The molecule has 0 spiro atoms. The molecule has 1 aliphatic rings. The zero-order valence-corrected chi connectivity index (χ0v) is 10.6. The van der Waals surface area contributed by atoms with Crippen molar-refractivity contribution in [3.05, 3.63) is 0 Å². The molecule has 94 valence electrons. The molecule has 0 aromatic rings. The maximum absolute atomic E-state index is 11.5. The molecule has 0 radical (unpaired) electrons. The summed E-state index contributed by atoms with van der Waals surface area (Å²) in [5.41, 5.74) is 0.222. The summed E-state index contributed by atoms with van der Waals surface area (Å²) >= 11 is 0. The molecular weight excluding hydrogens is 204 g/mol. The van der Waals surface area contributed by atoms with Crippen LogP contribution in [0.5, 0.6) is 0 Å². The molecule has 0 bridgehead atoms. The summed E-state index contributed by atoms with van der Waals surface area (Å²) in [5.74, 6) is 0.129. The van der Waals surface area contributed by atoms with Crippen molar-refractivity contribution >= 4 is 5.91 Å². The standard InChI is InChI=1S/C12H24N2O2/c1-12(2,3)5-4-11(15)14-9-10-8-13-6-7-16-10/h10,13H,4-9H2,1-3H3,(H,14,15). The van der Waals surface area contributed by atoms with E-state index in [1.165, 1.54) is 0 Å². The van der Waals surface area contributed by atoms with E-state index < -0.39 is 0 Å². The second-order valence-electron chi connectivity index (χ2n) is 5.56. The first-order valence-electron chi connectivity index (χ1n) is 6.06. The molecule has 0 saturated carbocycles. The van der Waals surface area contributed by atoms with Crippen LogP contribution in [0.25, 0.3) is 0 Å². The highest BCUT2D eigenvalue weighted by Gasteiger charge is 2.16. The minimum Gasteiger partial charge on any atom is -0.374 e. The molecule has 1 atom stereocenters. The molecule has 16 heavy (non-hydrogen) atoms. The maximum atomic E-state index is 11.5. The van der Waals surface area contributed by atoms with Gasteiger partial charge in [-0.15, -0.1) is 0 Å². The highest BCUT2D eigenvalue weighted by molar-refractivity contribution is 5.75. The highest BCUT2D eigenvalue weighted by Crippen LogP contribution is 2.20. The summed E-state index contributed by atoms with van der Waals surface area (Å²) in [5, 5.41) is 6.16. The van der Waals surface area contributed by atoms with Crippen LogP contribution in [0.2, 0.25) is 0 Å². The van der Waals surface area contributed by atoms with Gasteiger partial charge < -0.3 is 15.4 Å². The lowest BCUT2D eigenvalue weighted by molar-refractivity contribution is -0.122. The number of rotatable bonds is 4. The van der Waals surface area contributed by atoms with E-state index in [4.69, 9.17) is 4.74 Å². The highest BCUT2D eigenvalue weighted by atomic mass is 16.5. The summed E-state index contributed by atoms with van der Waals surface area (Å²) < 4.78 is 5.50. The van der Waals surface area contributed by atoms with Gasteiger partial charge in [0.1, 0.15) is 0 Å². The average Bonchev–Trinajstić information content (AvgIpc) is 2.24. The number of amides is 1. The number of ether oxygens (including phenoxy) is 1. The number of nitrogens with one attached hydrogen (secondary N) is 2. The Balaban J connectivity index is 2.09. The third-order valence-corrected chi connectivity index (χ3v) is 2.63. The van der Waals surface area contributed by atoms with Crippen LogP contribution in [0.4, 0.5) is 0 Å². The Kier molecular flexibility index (Phi) is 5.22. The molecule has 4 nitrogen and oxygen atoms in total. The molecule has 0 aliphatic carbocycles. The summed E-state index contributed by atoms with van der Waals surface area (Å²) in [6.07, 6.45) is 1.65. The van der Waals surface area contributed by atoms with Gasteiger partial charge >= 0.3 is 0 Å². The quantitative estimate of drug-likeness (QED) is 0.752. The SMILES string of the molecule is CC(C)(C)CCC(=O)NCC1CNCCO1. The number of morpholine rings is 1. The Morgan fingerprint density at radius 3 is 2.81 bits per heavy atom. The fourth-order valence-electron chi connectivity index (χ4n) is 1.56. The van der Waals surface area contributed by atoms with Gasteiger partial charge in [0.2, 0.25) is 5.91 Å². The van der Waals surface area contributed by atoms with Crippen LogP contribution in [-0.2, 0) is 9.53 Å². The van der Waals surface area contributed by atoms with Crippen LogP contribution in [0, 0.1) is 5.41 Å². The Bertz CT molecular complexity index is 218. The first kappa shape index (κ1) is 13.5. The Morgan fingerprint density at radius 1 is 1.50 bits per heavy atom. The summed E-state index contributed by atoms with van der Waals surface area (Å²) in [6.45, 7) is 9.55. The monoisotopic (exact) mass is 228 g/mol. The third kappa shape index (κ3) is 6.08. The molecule has 1 saturated heterocycles. The van der Waals surface area contributed by atoms with Crippen LogP contribution in [0.3, 0.4) is 0 Å². The van der Waals surface area contributed by atoms with Gasteiger partial charge in [0.15, 0.2) is 0 Å². The van der Waals surface area contributed by atoms with Crippen molar-refractivity contribution in [1.82, 2.24) is 10.6 Å². The predicted molar refractivity (Wildman–Crippen MR) is 64.3 cm³/mol. The fraction of sp³-hybridized carbons (Fsp3) is 0.917. The summed E-state index contributed by atoms with van der Waals surface area (Å²) in [6, 6.07) is 0. The van der Waals surface area contributed by atoms with Crippen molar-refractivity contribution in [1.29, 1.82) is 0 Å². The maximum Gasteiger partial charge on any atom is 0.220 e. The number of carbonyl (C=O) groups excluding carboxylic acids is 1. The van der Waals surface area contributed by atoms with Gasteiger partial charge in [0.05, 0.1) is 12.7 Å². The van der Waals surface area contributed by atoms with Crippen molar-refractivity contribution in [2.45, 2.75) is 39.7 Å². The van der Waals surface area contributed by atoms with Crippen molar-refractivity contribution in [3.63, 3.8) is 0 Å². The second-order valence-corrected chi connectivity index (χ2v) is 5.56. The molecule has 4 heteroatoms. The Morgan fingerprint density at radius 2 is 2.25 bits per heavy atom. The van der Waals surface area contributed by atoms with Gasteiger partial charge in [-0.2, -0.15) is 0 Å². The topological polar surface area (TPSA) is 50.4 Å². The largest absolute Gasteiger partial charge is 0.374 e. The van der Waals surface area contributed by atoms with Crippen LogP contribution < -0.4 is 10.6 Å². The van der Waals surface area contributed by atoms with Crippen molar-refractivity contribution in [3.8, 4) is 0 Å². The lowest BCUT2D eigenvalue weighted by Gasteiger charge is -2.24. The fourth-order valence-corrected chi connectivity index (χ4v) is 1.56. The minimum atomic E-state index is 0.129. The lowest BCUT2D eigenvalue weighted by Crippen LogP contribution is -2.45. The molecule has 1 amide bonds. The normalized spacial score (nSPS) is 21.8. The van der Waals surface area contributed by atoms with Gasteiger partial charge in [-0.3, -0.25) is 4.79 Å². The Hall–Kier alpha value is -0.610. The average molecular weight is 228 g/mol. The van der Waals surface area contributed by atoms with E-state index in [0.29, 0.717) is 13.0 Å². The van der Waals surface area contributed by atoms with Gasteiger partial charge in [-0.05, 0) is 11.8 Å². The van der Waals surface area contributed by atoms with Crippen LogP contribution >= 0.6 is 0 Å². The first-order valence-corrected chi connectivity index (χ1v) is 6.06. The van der Waals surface area contributed by atoms with Gasteiger partial charge in [0.25, 0.3) is 0 Å². The number of hydrogen-bond acceptors (Lipinski definition) is 3. The minimum absolute atomic E-state index is 0.129. The van der Waals surface area contributed by atoms with E-state index in [-0.39, 0.29) is 17.4 Å². The molecule has 2 N–H and O–H groups in total. The molecule has 1 heterocycles. The molecule has 0 aromatic carbocycles. The second kappa shape index (κ2) is 6.21. The molecular formula is C12H24N2O2. The smallest absolute Gasteiger partial charge is 0.220 e. The van der Waals surface area contributed by atoms with Gasteiger partial charge in [-0.1, -0.05) is 20.8 Å². The molecule has 1 rings (SSSR count). The van der Waals surface area contributed by atoms with Crippen LogP contribution in [0.1, 0.15) is 33.6 Å². The summed E-state index contributed by atoms with van der Waals surface area (Å²) in [4.78, 5) is 11.5. The lowest BCUT2D eigenvalue weighted by atomic mass is 9.90. The van der Waals surface area contributed by atoms with Crippen LogP contribution in [-0.4, -0.2) is 38.3 Å². The molecule has 1 aliphatic heterocycles. The van der Waals surface area contributed by atoms with Gasteiger partial charge in [0, 0.05) is 26.1 Å². The first-order chi connectivity index (χ1) is 7.47. The Labute approximate surface area is 98.1 Å². The molecule has 0 aromatic heterocycles. The van der Waals surface area contributed by atoms with E-state index in [1.54, 1.807) is 0 Å². The van der Waals surface area contributed by atoms with Crippen molar-refractivity contribution in [2.24, 2.45) is 5.41 Å². The van der Waals surface area contributed by atoms with E-state index >= 15 is 0 Å². The summed E-state index contributed by atoms with van der Waals surface area (Å²) in [7, 11) is 0. The van der Waals surface area contributed by atoms with Crippen molar-refractivity contribution in [2.75, 3.05) is 26.2 Å². The molecule has 1 fully saturated rings.